The predicted octanol–water partition coefficient (Wildman–Crippen LogP) is 2.14. The fourth-order valence-corrected chi connectivity index (χ4v) is 1.58. The zero-order chi connectivity index (χ0) is 14.1. The van der Waals surface area contributed by atoms with Gasteiger partial charge >= 0.3 is 5.97 Å². The number of ether oxygens (including phenoxy) is 1. The van der Waals surface area contributed by atoms with Crippen molar-refractivity contribution in [1.82, 2.24) is 4.90 Å². The summed E-state index contributed by atoms with van der Waals surface area (Å²) in [6, 6.07) is 9.12. The molecule has 0 N–H and O–H groups in total. The van der Waals surface area contributed by atoms with Gasteiger partial charge in [0.25, 0.3) is 0 Å². The van der Waals surface area contributed by atoms with Crippen molar-refractivity contribution < 1.29 is 14.3 Å². The van der Waals surface area contributed by atoms with Gasteiger partial charge in [-0.3, -0.25) is 9.59 Å². The SMILES string of the molecule is CN(C)CCOC(=O)CCCC(=O)c1ccccc1. The number of carbonyl (C=O) groups excluding carboxylic acids is 2. The van der Waals surface area contributed by atoms with E-state index < -0.39 is 0 Å². The Kier molecular flexibility index (Phi) is 6.82. The molecule has 1 aromatic rings. The van der Waals surface area contributed by atoms with E-state index in [2.05, 4.69) is 0 Å². The van der Waals surface area contributed by atoms with Crippen molar-refractivity contribution in [2.24, 2.45) is 0 Å². The van der Waals surface area contributed by atoms with Crippen molar-refractivity contribution in [3.63, 3.8) is 0 Å². The largest absolute Gasteiger partial charge is 0.464 e. The zero-order valence-corrected chi connectivity index (χ0v) is 11.6. The number of ketones is 1. The Morgan fingerprint density at radius 2 is 1.79 bits per heavy atom. The predicted molar refractivity (Wildman–Crippen MR) is 74.1 cm³/mol. The highest BCUT2D eigenvalue weighted by Gasteiger charge is 2.08. The Bertz CT molecular complexity index is 401. The molecule has 0 aromatic heterocycles. The number of carbonyl (C=O) groups is 2. The molecular weight excluding hydrogens is 242 g/mol. The molecule has 0 aliphatic carbocycles. The van der Waals surface area contributed by atoms with E-state index >= 15 is 0 Å². The van der Waals surface area contributed by atoms with Crippen LogP contribution in [0.3, 0.4) is 0 Å². The van der Waals surface area contributed by atoms with E-state index in [1.54, 1.807) is 12.1 Å². The Morgan fingerprint density at radius 3 is 2.42 bits per heavy atom. The van der Waals surface area contributed by atoms with Crippen molar-refractivity contribution in [1.29, 1.82) is 0 Å². The summed E-state index contributed by atoms with van der Waals surface area (Å²) in [5.41, 5.74) is 0.698. The molecule has 104 valence electrons. The van der Waals surface area contributed by atoms with Crippen LogP contribution in [0.4, 0.5) is 0 Å². The fourth-order valence-electron chi connectivity index (χ4n) is 1.58. The van der Waals surface area contributed by atoms with E-state index in [-0.39, 0.29) is 11.8 Å². The summed E-state index contributed by atoms with van der Waals surface area (Å²) in [5, 5.41) is 0. The molecule has 0 spiro atoms. The van der Waals surface area contributed by atoms with E-state index in [9.17, 15) is 9.59 Å². The Morgan fingerprint density at radius 1 is 1.11 bits per heavy atom. The minimum atomic E-state index is -0.234. The summed E-state index contributed by atoms with van der Waals surface area (Å²) < 4.78 is 5.05. The average Bonchev–Trinajstić information content (AvgIpc) is 2.39. The summed E-state index contributed by atoms with van der Waals surface area (Å²) in [5.74, 6) is -0.163. The lowest BCUT2D eigenvalue weighted by atomic mass is 10.1. The van der Waals surface area contributed by atoms with Crippen molar-refractivity contribution in [2.75, 3.05) is 27.2 Å². The number of Topliss-reactive ketones (excluding diaryl/α,β-unsaturated/α-hetero) is 1. The van der Waals surface area contributed by atoms with Gasteiger partial charge in [0.05, 0.1) is 0 Å². The van der Waals surface area contributed by atoms with Crippen LogP contribution in [0.2, 0.25) is 0 Å². The van der Waals surface area contributed by atoms with Gasteiger partial charge in [-0.25, -0.2) is 0 Å². The van der Waals surface area contributed by atoms with E-state index in [4.69, 9.17) is 4.74 Å². The maximum absolute atomic E-state index is 11.8. The zero-order valence-electron chi connectivity index (χ0n) is 11.6. The molecular formula is C15H21NO3. The number of nitrogens with zero attached hydrogens (tertiary/aromatic N) is 1. The van der Waals surface area contributed by atoms with Gasteiger partial charge in [0, 0.05) is 24.9 Å². The summed E-state index contributed by atoms with van der Waals surface area (Å²) in [6.07, 6.45) is 1.22. The maximum Gasteiger partial charge on any atom is 0.305 e. The molecule has 19 heavy (non-hydrogen) atoms. The van der Waals surface area contributed by atoms with E-state index in [1.165, 1.54) is 0 Å². The van der Waals surface area contributed by atoms with Crippen LogP contribution in [0.25, 0.3) is 0 Å². The summed E-state index contributed by atoms with van der Waals surface area (Å²) >= 11 is 0. The van der Waals surface area contributed by atoms with Crippen LogP contribution in [0, 0.1) is 0 Å². The summed E-state index contributed by atoms with van der Waals surface area (Å²) in [4.78, 5) is 25.1. The van der Waals surface area contributed by atoms with Crippen LogP contribution in [-0.4, -0.2) is 43.9 Å². The van der Waals surface area contributed by atoms with Crippen LogP contribution in [0.15, 0.2) is 30.3 Å². The van der Waals surface area contributed by atoms with Crippen LogP contribution >= 0.6 is 0 Å². The normalized spacial score (nSPS) is 10.5. The van der Waals surface area contributed by atoms with Gasteiger partial charge in [0.2, 0.25) is 0 Å². The Hall–Kier alpha value is -1.68. The van der Waals surface area contributed by atoms with Gasteiger partial charge in [-0.1, -0.05) is 30.3 Å². The topological polar surface area (TPSA) is 46.6 Å². The van der Waals surface area contributed by atoms with Crippen molar-refractivity contribution in [2.45, 2.75) is 19.3 Å². The lowest BCUT2D eigenvalue weighted by Gasteiger charge is -2.09. The molecule has 0 aliphatic rings. The number of hydrogen-bond acceptors (Lipinski definition) is 4. The molecule has 0 saturated carbocycles. The highest BCUT2D eigenvalue weighted by molar-refractivity contribution is 5.96. The Balaban J connectivity index is 2.16. The number of hydrogen-bond donors (Lipinski definition) is 0. The molecule has 0 fully saturated rings. The number of benzene rings is 1. The molecule has 0 amide bonds. The molecule has 0 bridgehead atoms. The van der Waals surface area contributed by atoms with Gasteiger partial charge < -0.3 is 9.64 Å². The van der Waals surface area contributed by atoms with Crippen molar-refractivity contribution >= 4 is 11.8 Å². The van der Waals surface area contributed by atoms with E-state index in [0.717, 1.165) is 0 Å². The van der Waals surface area contributed by atoms with Crippen LogP contribution < -0.4 is 0 Å². The average molecular weight is 263 g/mol. The first-order chi connectivity index (χ1) is 9.09. The first kappa shape index (κ1) is 15.4. The quantitative estimate of drug-likeness (QED) is 0.532. The first-order valence-corrected chi connectivity index (χ1v) is 6.48. The van der Waals surface area contributed by atoms with Crippen LogP contribution in [0.1, 0.15) is 29.6 Å². The fraction of sp³-hybridized carbons (Fsp3) is 0.467. The van der Waals surface area contributed by atoms with E-state index in [1.807, 2.05) is 37.2 Å². The second-order valence-corrected chi connectivity index (χ2v) is 4.67. The monoisotopic (exact) mass is 263 g/mol. The molecule has 4 nitrogen and oxygen atoms in total. The molecule has 0 radical (unpaired) electrons. The number of esters is 1. The Labute approximate surface area is 114 Å². The lowest BCUT2D eigenvalue weighted by molar-refractivity contribution is -0.143. The molecule has 1 rings (SSSR count). The minimum absolute atomic E-state index is 0.0710. The third-order valence-corrected chi connectivity index (χ3v) is 2.68. The van der Waals surface area contributed by atoms with Crippen molar-refractivity contribution in [3.05, 3.63) is 35.9 Å². The molecule has 1 aromatic carbocycles. The number of likely N-dealkylation sites (N-methyl/N-ethyl adjacent to an activating group) is 1. The first-order valence-electron chi connectivity index (χ1n) is 6.48. The lowest BCUT2D eigenvalue weighted by Crippen LogP contribution is -2.20. The van der Waals surface area contributed by atoms with Crippen LogP contribution in [0.5, 0.6) is 0 Å². The molecule has 0 unspecified atom stereocenters. The van der Waals surface area contributed by atoms with Gasteiger partial charge in [-0.2, -0.15) is 0 Å². The molecule has 0 saturated heterocycles. The third kappa shape index (κ3) is 6.72. The smallest absolute Gasteiger partial charge is 0.305 e. The van der Waals surface area contributed by atoms with E-state index in [0.29, 0.717) is 38.0 Å². The highest BCUT2D eigenvalue weighted by atomic mass is 16.5. The van der Waals surface area contributed by atoms with Crippen LogP contribution in [-0.2, 0) is 9.53 Å². The molecule has 4 heteroatoms. The summed E-state index contributed by atoms with van der Waals surface area (Å²) in [6.45, 7) is 1.12. The van der Waals surface area contributed by atoms with Gasteiger partial charge in [0.15, 0.2) is 5.78 Å². The van der Waals surface area contributed by atoms with Crippen molar-refractivity contribution in [3.8, 4) is 0 Å². The standard InChI is InChI=1S/C15H21NO3/c1-16(2)11-12-19-15(18)10-6-9-14(17)13-7-4-3-5-8-13/h3-5,7-8H,6,9-12H2,1-2H3. The third-order valence-electron chi connectivity index (χ3n) is 2.68. The molecule has 0 heterocycles. The molecule has 0 aliphatic heterocycles. The number of rotatable bonds is 8. The second-order valence-electron chi connectivity index (χ2n) is 4.67. The molecule has 0 atom stereocenters. The minimum Gasteiger partial charge on any atom is -0.464 e. The van der Waals surface area contributed by atoms with Gasteiger partial charge in [0.1, 0.15) is 6.61 Å². The maximum atomic E-state index is 11.8. The summed E-state index contributed by atoms with van der Waals surface area (Å²) in [7, 11) is 3.85. The highest BCUT2D eigenvalue weighted by Crippen LogP contribution is 2.07. The second kappa shape index (κ2) is 8.43. The van der Waals surface area contributed by atoms with Gasteiger partial charge in [-0.15, -0.1) is 0 Å². The van der Waals surface area contributed by atoms with Gasteiger partial charge in [-0.05, 0) is 20.5 Å².